The van der Waals surface area contributed by atoms with Gasteiger partial charge in [-0.2, -0.15) is 0 Å². The van der Waals surface area contributed by atoms with Crippen LogP contribution in [0.3, 0.4) is 0 Å². The third-order valence-electron chi connectivity index (χ3n) is 7.24. The van der Waals surface area contributed by atoms with Crippen LogP contribution in [0.2, 0.25) is 0 Å². The van der Waals surface area contributed by atoms with Gasteiger partial charge in [0.1, 0.15) is 0 Å². The van der Waals surface area contributed by atoms with Gasteiger partial charge in [0.05, 0.1) is 6.04 Å². The molecule has 0 radical (unpaired) electrons. The van der Waals surface area contributed by atoms with E-state index in [1.54, 1.807) is 0 Å². The van der Waals surface area contributed by atoms with Crippen LogP contribution in [0, 0.1) is 13.8 Å². The monoisotopic (exact) mass is 463 g/mol. The topological polar surface area (TPSA) is 67.9 Å². The molecule has 2 amide bonds. The van der Waals surface area contributed by atoms with Crippen LogP contribution in [0.5, 0.6) is 0 Å². The highest BCUT2D eigenvalue weighted by Crippen LogP contribution is 2.31. The molecule has 2 N–H and O–H groups in total. The molecule has 0 bridgehead atoms. The number of carbonyl (C=O) groups is 2. The highest BCUT2D eigenvalue weighted by Gasteiger charge is 2.27. The average Bonchev–Trinajstić information content (AvgIpc) is 2.82. The van der Waals surface area contributed by atoms with Crippen LogP contribution in [0.15, 0.2) is 36.4 Å². The Morgan fingerprint density at radius 3 is 2.41 bits per heavy atom. The average molecular weight is 464 g/mol. The lowest BCUT2D eigenvalue weighted by atomic mass is 9.95. The summed E-state index contributed by atoms with van der Waals surface area (Å²) in [6, 6.07) is 12.4. The fraction of sp³-hybridized carbons (Fsp3) is 0.481. The van der Waals surface area contributed by atoms with Gasteiger partial charge in [0.2, 0.25) is 0 Å². The Morgan fingerprint density at radius 1 is 0.912 bits per heavy atom. The quantitative estimate of drug-likeness (QED) is 0.668. The summed E-state index contributed by atoms with van der Waals surface area (Å²) in [5.41, 5.74) is 6.72. The molecule has 2 aliphatic heterocycles. The van der Waals surface area contributed by atoms with Crippen molar-refractivity contribution in [3.8, 4) is 0 Å². The van der Waals surface area contributed by atoms with Crippen molar-refractivity contribution in [3.63, 3.8) is 0 Å². The lowest BCUT2D eigenvalue weighted by molar-refractivity contribution is -0.136. The van der Waals surface area contributed by atoms with Crippen molar-refractivity contribution in [1.82, 2.24) is 15.1 Å². The number of nitrogens with one attached hydrogen (secondary N) is 2. The number of likely N-dealkylation sites (N-methyl/N-ethyl adjacent to an activating group) is 1. The zero-order chi connectivity index (χ0) is 24.2. The second kappa shape index (κ2) is 10.6. The van der Waals surface area contributed by atoms with Crippen LogP contribution >= 0.6 is 0 Å². The number of hydrogen-bond acceptors (Lipinski definition) is 5. The number of hydrogen-bond donors (Lipinski definition) is 2. The molecule has 7 nitrogen and oxygen atoms in total. The van der Waals surface area contributed by atoms with E-state index in [1.807, 2.05) is 32.0 Å². The van der Waals surface area contributed by atoms with E-state index in [9.17, 15) is 9.59 Å². The molecule has 1 saturated heterocycles. The van der Waals surface area contributed by atoms with E-state index in [0.717, 1.165) is 56.7 Å². The number of fused-ring (bicyclic) bond motifs is 1. The Labute approximate surface area is 203 Å². The Balaban J connectivity index is 1.47. The van der Waals surface area contributed by atoms with Gasteiger partial charge in [-0.3, -0.25) is 14.5 Å². The lowest BCUT2D eigenvalue weighted by Gasteiger charge is -2.39. The van der Waals surface area contributed by atoms with Crippen molar-refractivity contribution >= 4 is 23.2 Å². The first-order valence-electron chi connectivity index (χ1n) is 12.2. The summed E-state index contributed by atoms with van der Waals surface area (Å²) in [6.45, 7) is 9.34. The molecule has 2 heterocycles. The van der Waals surface area contributed by atoms with E-state index in [4.69, 9.17) is 0 Å². The highest BCUT2D eigenvalue weighted by atomic mass is 16.2. The molecule has 2 aromatic carbocycles. The molecule has 1 atom stereocenters. The summed E-state index contributed by atoms with van der Waals surface area (Å²) in [5, 5.41) is 5.64. The number of rotatable bonds is 5. The van der Waals surface area contributed by atoms with E-state index in [1.165, 1.54) is 16.8 Å². The van der Waals surface area contributed by atoms with E-state index in [2.05, 4.69) is 57.6 Å². The Kier molecular flexibility index (Phi) is 7.54. The van der Waals surface area contributed by atoms with Gasteiger partial charge in [-0.05, 0) is 74.2 Å². The minimum Gasteiger partial charge on any atom is -0.374 e. The molecule has 7 heteroatoms. The van der Waals surface area contributed by atoms with Gasteiger partial charge in [0, 0.05) is 57.7 Å². The van der Waals surface area contributed by atoms with Crippen LogP contribution < -0.4 is 15.5 Å². The predicted molar refractivity (Wildman–Crippen MR) is 137 cm³/mol. The molecule has 1 fully saturated rings. The number of nitrogens with zero attached hydrogens (tertiary/aromatic N) is 3. The molecule has 182 valence electrons. The largest absolute Gasteiger partial charge is 0.374 e. The first-order valence-corrected chi connectivity index (χ1v) is 12.2. The second-order valence-corrected chi connectivity index (χ2v) is 9.73. The SMILES string of the molecule is Cc1ccc(NC(=O)C(=O)NC[C@H](c2ccc3c(c2)CCCN3C)N2CCN(C)CC2)cc1C. The van der Waals surface area contributed by atoms with Crippen LogP contribution in [0.4, 0.5) is 11.4 Å². The number of benzene rings is 2. The van der Waals surface area contributed by atoms with Gasteiger partial charge in [-0.15, -0.1) is 0 Å². The first kappa shape index (κ1) is 24.2. The van der Waals surface area contributed by atoms with Gasteiger partial charge in [-0.25, -0.2) is 0 Å². The summed E-state index contributed by atoms with van der Waals surface area (Å²) < 4.78 is 0. The molecule has 0 aromatic heterocycles. The summed E-state index contributed by atoms with van der Waals surface area (Å²) >= 11 is 0. The number of piperazine rings is 1. The van der Waals surface area contributed by atoms with Crippen molar-refractivity contribution in [2.45, 2.75) is 32.7 Å². The summed E-state index contributed by atoms with van der Waals surface area (Å²) in [6.07, 6.45) is 2.23. The molecule has 0 aliphatic carbocycles. The van der Waals surface area contributed by atoms with Crippen molar-refractivity contribution in [3.05, 3.63) is 58.7 Å². The second-order valence-electron chi connectivity index (χ2n) is 9.73. The van der Waals surface area contributed by atoms with Crippen molar-refractivity contribution < 1.29 is 9.59 Å². The molecular formula is C27H37N5O2. The maximum Gasteiger partial charge on any atom is 0.313 e. The van der Waals surface area contributed by atoms with Crippen LogP contribution in [0.1, 0.15) is 34.7 Å². The molecule has 34 heavy (non-hydrogen) atoms. The van der Waals surface area contributed by atoms with Gasteiger partial charge >= 0.3 is 11.8 Å². The highest BCUT2D eigenvalue weighted by molar-refractivity contribution is 6.39. The van der Waals surface area contributed by atoms with Crippen molar-refractivity contribution in [2.75, 3.05) is 63.6 Å². The summed E-state index contributed by atoms with van der Waals surface area (Å²) in [5.74, 6) is -1.23. The third kappa shape index (κ3) is 5.59. The summed E-state index contributed by atoms with van der Waals surface area (Å²) in [4.78, 5) is 32.3. The molecule has 0 spiro atoms. The fourth-order valence-electron chi connectivity index (χ4n) is 4.88. The van der Waals surface area contributed by atoms with E-state index < -0.39 is 11.8 Å². The van der Waals surface area contributed by atoms with Crippen LogP contribution in [0.25, 0.3) is 0 Å². The smallest absolute Gasteiger partial charge is 0.313 e. The van der Waals surface area contributed by atoms with Gasteiger partial charge in [0.15, 0.2) is 0 Å². The Bertz CT molecular complexity index is 1050. The first-order chi connectivity index (χ1) is 16.3. The third-order valence-corrected chi connectivity index (χ3v) is 7.24. The Hall–Kier alpha value is -2.90. The van der Waals surface area contributed by atoms with Crippen molar-refractivity contribution in [1.29, 1.82) is 0 Å². The zero-order valence-corrected chi connectivity index (χ0v) is 20.9. The fourth-order valence-corrected chi connectivity index (χ4v) is 4.88. The summed E-state index contributed by atoms with van der Waals surface area (Å²) in [7, 11) is 4.28. The van der Waals surface area contributed by atoms with Crippen molar-refractivity contribution in [2.24, 2.45) is 0 Å². The van der Waals surface area contributed by atoms with E-state index in [0.29, 0.717) is 12.2 Å². The molecule has 4 rings (SSSR count). The normalized spacial score (nSPS) is 17.7. The van der Waals surface area contributed by atoms with Gasteiger partial charge in [0.25, 0.3) is 0 Å². The number of amides is 2. The lowest BCUT2D eigenvalue weighted by Crippen LogP contribution is -2.49. The number of aryl methyl sites for hydroxylation is 3. The van der Waals surface area contributed by atoms with Gasteiger partial charge in [-0.1, -0.05) is 18.2 Å². The maximum absolute atomic E-state index is 12.7. The number of anilines is 2. The van der Waals surface area contributed by atoms with Gasteiger partial charge < -0.3 is 20.4 Å². The minimum absolute atomic E-state index is 0.0320. The van der Waals surface area contributed by atoms with Crippen LogP contribution in [-0.4, -0.2) is 75.0 Å². The Morgan fingerprint density at radius 2 is 1.68 bits per heavy atom. The molecule has 2 aromatic rings. The van der Waals surface area contributed by atoms with E-state index >= 15 is 0 Å². The zero-order valence-electron chi connectivity index (χ0n) is 20.9. The maximum atomic E-state index is 12.7. The van der Waals surface area contributed by atoms with E-state index in [-0.39, 0.29) is 6.04 Å². The minimum atomic E-state index is -0.632. The molecule has 0 saturated carbocycles. The predicted octanol–water partition coefficient (Wildman–Crippen LogP) is 2.73. The van der Waals surface area contributed by atoms with Crippen LogP contribution in [-0.2, 0) is 16.0 Å². The standard InChI is InChI=1S/C27H37N5O2/c1-19-7-9-23(16-20(19)2)29-27(34)26(33)28-18-25(32-14-12-30(3)13-15-32)22-8-10-24-21(17-22)6-5-11-31(24)4/h7-10,16-17,25H,5-6,11-15,18H2,1-4H3,(H,28,33)(H,29,34)/t25-/m1/s1. The molecule has 0 unspecified atom stereocenters. The number of carbonyl (C=O) groups excluding carboxylic acids is 2. The molecule has 2 aliphatic rings. The molecular weight excluding hydrogens is 426 g/mol.